The van der Waals surface area contributed by atoms with E-state index in [1.54, 1.807) is 42.3 Å². The minimum absolute atomic E-state index is 0.0228. The van der Waals surface area contributed by atoms with Crippen LogP contribution in [0.2, 0.25) is 0 Å². The smallest absolute Gasteiger partial charge is 0.490 e. The van der Waals surface area contributed by atoms with Gasteiger partial charge in [0.1, 0.15) is 5.75 Å². The lowest BCUT2D eigenvalue weighted by atomic mass is 10.2. The Labute approximate surface area is 207 Å². The maximum absolute atomic E-state index is 13.2. The van der Waals surface area contributed by atoms with Crippen molar-refractivity contribution >= 4 is 21.9 Å². The molecule has 1 amide bonds. The molecule has 2 aromatic carbocycles. The van der Waals surface area contributed by atoms with Crippen molar-refractivity contribution in [3.8, 4) is 5.75 Å². The first-order chi connectivity index (χ1) is 16.9. The number of methoxy groups -OCH3 is 1. The topological polar surface area (TPSA) is 116 Å². The van der Waals surface area contributed by atoms with Crippen molar-refractivity contribution in [2.24, 2.45) is 0 Å². The predicted octanol–water partition coefficient (Wildman–Crippen LogP) is 2.34. The van der Waals surface area contributed by atoms with Gasteiger partial charge in [-0.15, -0.1) is 0 Å². The highest BCUT2D eigenvalue weighted by atomic mass is 32.2. The summed E-state index contributed by atoms with van der Waals surface area (Å²) < 4.78 is 64.8. The van der Waals surface area contributed by atoms with E-state index in [0.29, 0.717) is 18.8 Å². The Kier molecular flexibility index (Phi) is 10.7. The van der Waals surface area contributed by atoms with Crippen LogP contribution in [0, 0.1) is 0 Å². The number of rotatable bonds is 8. The summed E-state index contributed by atoms with van der Waals surface area (Å²) in [5.41, 5.74) is 0.804. The van der Waals surface area contributed by atoms with E-state index in [4.69, 9.17) is 14.6 Å². The second kappa shape index (κ2) is 13.2. The van der Waals surface area contributed by atoms with E-state index in [2.05, 4.69) is 5.32 Å². The number of benzene rings is 2. The summed E-state index contributed by atoms with van der Waals surface area (Å²) >= 11 is 0. The maximum Gasteiger partial charge on any atom is 0.490 e. The maximum atomic E-state index is 13.2. The van der Waals surface area contributed by atoms with Gasteiger partial charge in [0.05, 0.1) is 12.0 Å². The molecular weight excluding hydrogens is 503 g/mol. The molecule has 0 saturated carbocycles. The van der Waals surface area contributed by atoms with Crippen LogP contribution in [0.25, 0.3) is 0 Å². The van der Waals surface area contributed by atoms with Crippen molar-refractivity contribution in [1.82, 2.24) is 14.5 Å². The summed E-state index contributed by atoms with van der Waals surface area (Å²) in [5, 5.41) is 10.3. The van der Waals surface area contributed by atoms with Gasteiger partial charge in [-0.3, -0.25) is 4.79 Å². The first-order valence-corrected chi connectivity index (χ1v) is 12.4. The molecule has 13 heteroatoms. The highest BCUT2D eigenvalue weighted by Crippen LogP contribution is 2.21. The van der Waals surface area contributed by atoms with Crippen LogP contribution < -0.4 is 10.1 Å². The molecule has 1 aliphatic heterocycles. The molecule has 0 radical (unpaired) electrons. The van der Waals surface area contributed by atoms with E-state index in [9.17, 15) is 26.4 Å². The number of alkyl halides is 3. The van der Waals surface area contributed by atoms with E-state index in [1.807, 2.05) is 24.3 Å². The van der Waals surface area contributed by atoms with Crippen LogP contribution in [0.4, 0.5) is 13.2 Å². The fraction of sp³-hybridized carbons (Fsp3) is 0.391. The van der Waals surface area contributed by atoms with Crippen LogP contribution in [-0.2, 0) is 26.2 Å². The predicted molar refractivity (Wildman–Crippen MR) is 125 cm³/mol. The lowest BCUT2D eigenvalue weighted by Crippen LogP contribution is -2.47. The molecule has 2 aromatic rings. The lowest BCUT2D eigenvalue weighted by molar-refractivity contribution is -0.192. The number of nitrogens with one attached hydrogen (secondary N) is 1. The molecular formula is C23H28F3N3O6S. The third-order valence-electron chi connectivity index (χ3n) is 5.16. The van der Waals surface area contributed by atoms with Gasteiger partial charge in [0, 0.05) is 45.7 Å². The van der Waals surface area contributed by atoms with Gasteiger partial charge in [-0.05, 0) is 29.8 Å². The van der Waals surface area contributed by atoms with E-state index < -0.39 is 22.2 Å². The molecule has 0 atom stereocenters. The SMILES string of the molecule is COc1cccc(CN(CCC(=O)N2CCNCC2)S(=O)(=O)c2ccccc2)c1.O=C(O)C(F)(F)F. The zero-order valence-electron chi connectivity index (χ0n) is 19.6. The van der Waals surface area contributed by atoms with E-state index in [0.717, 1.165) is 18.7 Å². The molecule has 1 aliphatic rings. The molecule has 9 nitrogen and oxygen atoms in total. The second-order valence-electron chi connectivity index (χ2n) is 7.69. The Morgan fingerprint density at radius 3 is 2.25 bits per heavy atom. The number of hydrogen-bond donors (Lipinski definition) is 2. The minimum Gasteiger partial charge on any atom is -0.497 e. The number of aliphatic carboxylic acids is 1. The van der Waals surface area contributed by atoms with Gasteiger partial charge in [-0.25, -0.2) is 13.2 Å². The minimum atomic E-state index is -5.08. The third-order valence-corrected chi connectivity index (χ3v) is 7.02. The summed E-state index contributed by atoms with van der Waals surface area (Å²) in [7, 11) is -2.16. The van der Waals surface area contributed by atoms with Crippen LogP contribution in [-0.4, -0.2) is 80.6 Å². The molecule has 36 heavy (non-hydrogen) atoms. The number of sulfonamides is 1. The number of nitrogens with zero attached hydrogens (tertiary/aromatic N) is 2. The van der Waals surface area contributed by atoms with Crippen LogP contribution >= 0.6 is 0 Å². The van der Waals surface area contributed by atoms with Crippen LogP contribution in [0.15, 0.2) is 59.5 Å². The van der Waals surface area contributed by atoms with E-state index >= 15 is 0 Å². The number of carboxylic acid groups (broad SMARTS) is 1. The largest absolute Gasteiger partial charge is 0.497 e. The van der Waals surface area contributed by atoms with Crippen molar-refractivity contribution in [2.75, 3.05) is 39.8 Å². The highest BCUT2D eigenvalue weighted by Gasteiger charge is 2.38. The number of carbonyl (C=O) groups excluding carboxylic acids is 1. The Hall–Kier alpha value is -3.16. The van der Waals surface area contributed by atoms with Crippen LogP contribution in [0.3, 0.4) is 0 Å². The lowest BCUT2D eigenvalue weighted by Gasteiger charge is -2.29. The second-order valence-corrected chi connectivity index (χ2v) is 9.62. The third kappa shape index (κ3) is 8.81. The summed E-state index contributed by atoms with van der Waals surface area (Å²) in [5.74, 6) is -2.12. The number of hydrogen-bond acceptors (Lipinski definition) is 6. The molecule has 1 heterocycles. The molecule has 2 N–H and O–H groups in total. The Bertz CT molecular complexity index is 1110. The number of ether oxygens (including phenoxy) is 1. The van der Waals surface area contributed by atoms with Crippen LogP contribution in [0.1, 0.15) is 12.0 Å². The van der Waals surface area contributed by atoms with Gasteiger partial charge < -0.3 is 20.1 Å². The van der Waals surface area contributed by atoms with Crippen molar-refractivity contribution in [1.29, 1.82) is 0 Å². The van der Waals surface area contributed by atoms with Crippen molar-refractivity contribution in [3.05, 3.63) is 60.2 Å². The van der Waals surface area contributed by atoms with E-state index in [1.165, 1.54) is 4.31 Å². The summed E-state index contributed by atoms with van der Waals surface area (Å²) in [6.07, 6.45) is -4.93. The Morgan fingerprint density at radius 1 is 1.08 bits per heavy atom. The van der Waals surface area contributed by atoms with Crippen molar-refractivity contribution in [2.45, 2.75) is 24.0 Å². The monoisotopic (exact) mass is 531 g/mol. The zero-order chi connectivity index (χ0) is 26.8. The Balaban J connectivity index is 0.000000572. The number of amides is 1. The van der Waals surface area contributed by atoms with Gasteiger partial charge in [0.2, 0.25) is 15.9 Å². The van der Waals surface area contributed by atoms with Gasteiger partial charge >= 0.3 is 12.1 Å². The quantitative estimate of drug-likeness (QED) is 0.537. The summed E-state index contributed by atoms with van der Waals surface area (Å²) in [6.45, 7) is 3.13. The van der Waals surface area contributed by atoms with Gasteiger partial charge in [-0.2, -0.15) is 17.5 Å². The number of carbonyl (C=O) groups is 2. The van der Waals surface area contributed by atoms with Gasteiger partial charge in [0.25, 0.3) is 0 Å². The average molecular weight is 532 g/mol. The van der Waals surface area contributed by atoms with Crippen molar-refractivity contribution < 1.29 is 41.0 Å². The van der Waals surface area contributed by atoms with Crippen LogP contribution in [0.5, 0.6) is 5.75 Å². The summed E-state index contributed by atoms with van der Waals surface area (Å²) in [6, 6.07) is 15.6. The summed E-state index contributed by atoms with van der Waals surface area (Å²) in [4.78, 5) is 23.5. The first-order valence-electron chi connectivity index (χ1n) is 10.9. The zero-order valence-corrected chi connectivity index (χ0v) is 20.4. The molecule has 198 valence electrons. The number of halogens is 3. The highest BCUT2D eigenvalue weighted by molar-refractivity contribution is 7.89. The van der Waals surface area contributed by atoms with Gasteiger partial charge in [-0.1, -0.05) is 30.3 Å². The number of piperazine rings is 1. The normalized spacial score (nSPS) is 14.1. The van der Waals surface area contributed by atoms with Crippen molar-refractivity contribution in [3.63, 3.8) is 0 Å². The average Bonchev–Trinajstić information content (AvgIpc) is 2.87. The molecule has 0 unspecified atom stereocenters. The van der Waals surface area contributed by atoms with E-state index in [-0.39, 0.29) is 30.3 Å². The molecule has 3 rings (SSSR count). The molecule has 1 fully saturated rings. The standard InChI is InChI=1S/C21H27N3O4S.C2HF3O2/c1-28-19-7-5-6-18(16-19)17-24(29(26,27)20-8-3-2-4-9-20)13-10-21(25)23-14-11-22-12-15-23;3-2(4,5)1(6)7/h2-9,16,22H,10-15,17H2,1H3;(H,6,7). The molecule has 0 bridgehead atoms. The molecule has 1 saturated heterocycles. The number of carboxylic acids is 1. The molecule has 0 aromatic heterocycles. The first kappa shape index (κ1) is 29.1. The fourth-order valence-electron chi connectivity index (χ4n) is 3.29. The molecule has 0 aliphatic carbocycles. The Morgan fingerprint density at radius 2 is 1.69 bits per heavy atom. The molecule has 0 spiro atoms. The fourth-order valence-corrected chi connectivity index (χ4v) is 4.74. The van der Waals surface area contributed by atoms with Gasteiger partial charge in [0.15, 0.2) is 0 Å².